The minimum atomic E-state index is -0.332. The van der Waals surface area contributed by atoms with Crippen LogP contribution >= 0.6 is 0 Å². The van der Waals surface area contributed by atoms with E-state index < -0.39 is 0 Å². The fourth-order valence-corrected chi connectivity index (χ4v) is 2.15. The molecule has 1 saturated heterocycles. The lowest BCUT2D eigenvalue weighted by molar-refractivity contribution is -0.117. The van der Waals surface area contributed by atoms with Gasteiger partial charge < -0.3 is 10.2 Å². The Balaban J connectivity index is 1.92. The molecule has 1 aromatic heterocycles. The van der Waals surface area contributed by atoms with E-state index in [1.165, 1.54) is 6.42 Å². The molecule has 0 saturated carbocycles. The Kier molecular flexibility index (Phi) is 5.13. The van der Waals surface area contributed by atoms with Crippen molar-refractivity contribution in [3.8, 4) is 6.07 Å². The van der Waals surface area contributed by atoms with E-state index >= 15 is 0 Å². The van der Waals surface area contributed by atoms with Crippen LogP contribution in [0.1, 0.15) is 24.8 Å². The number of nitriles is 1. The Morgan fingerprint density at radius 2 is 2.25 bits per heavy atom. The van der Waals surface area contributed by atoms with Gasteiger partial charge >= 0.3 is 0 Å². The Morgan fingerprint density at radius 3 is 2.90 bits per heavy atom. The second kappa shape index (κ2) is 7.29. The molecule has 5 nitrogen and oxygen atoms in total. The van der Waals surface area contributed by atoms with E-state index in [9.17, 15) is 4.79 Å². The van der Waals surface area contributed by atoms with Crippen LogP contribution in [0.15, 0.2) is 36.3 Å². The molecule has 2 rings (SSSR count). The second-order valence-electron chi connectivity index (χ2n) is 4.80. The quantitative estimate of drug-likeness (QED) is 0.666. The average Bonchev–Trinajstić information content (AvgIpc) is 2.52. The molecule has 0 aromatic carbocycles. The molecule has 104 valence electrons. The highest BCUT2D eigenvalue weighted by molar-refractivity contribution is 5.97. The SMILES string of the molecule is N#C/C(=C/N1CCCCC1)C(=O)NCc1cccnc1. The maximum absolute atomic E-state index is 12.0. The van der Waals surface area contributed by atoms with Crippen LogP contribution in [-0.4, -0.2) is 28.9 Å². The molecule has 1 amide bonds. The van der Waals surface area contributed by atoms with Gasteiger partial charge in [0, 0.05) is 38.2 Å². The van der Waals surface area contributed by atoms with E-state index in [2.05, 4.69) is 10.3 Å². The number of hydrogen-bond acceptors (Lipinski definition) is 4. The predicted molar refractivity (Wildman–Crippen MR) is 75.2 cm³/mol. The molecule has 0 spiro atoms. The van der Waals surface area contributed by atoms with Crippen molar-refractivity contribution in [3.05, 3.63) is 41.9 Å². The van der Waals surface area contributed by atoms with Crippen molar-refractivity contribution in [2.45, 2.75) is 25.8 Å². The van der Waals surface area contributed by atoms with Gasteiger partial charge in [-0.25, -0.2) is 0 Å². The summed E-state index contributed by atoms with van der Waals surface area (Å²) in [7, 11) is 0. The number of carbonyl (C=O) groups excluding carboxylic acids is 1. The predicted octanol–water partition coefficient (Wildman–Crippen LogP) is 1.59. The monoisotopic (exact) mass is 270 g/mol. The zero-order valence-electron chi connectivity index (χ0n) is 11.4. The van der Waals surface area contributed by atoms with Gasteiger partial charge in [0.25, 0.3) is 5.91 Å². The maximum Gasteiger partial charge on any atom is 0.263 e. The van der Waals surface area contributed by atoms with Crippen molar-refractivity contribution in [3.63, 3.8) is 0 Å². The van der Waals surface area contributed by atoms with E-state index in [4.69, 9.17) is 5.26 Å². The summed E-state index contributed by atoms with van der Waals surface area (Å²) < 4.78 is 0. The maximum atomic E-state index is 12.0. The number of amides is 1. The highest BCUT2D eigenvalue weighted by Crippen LogP contribution is 2.10. The number of likely N-dealkylation sites (tertiary alicyclic amines) is 1. The molecule has 1 N–H and O–H groups in total. The molecule has 1 aliphatic heterocycles. The van der Waals surface area contributed by atoms with Crippen LogP contribution in [-0.2, 0) is 11.3 Å². The van der Waals surface area contributed by atoms with Crippen molar-refractivity contribution >= 4 is 5.91 Å². The van der Waals surface area contributed by atoms with Crippen molar-refractivity contribution < 1.29 is 4.79 Å². The second-order valence-corrected chi connectivity index (χ2v) is 4.80. The Bertz CT molecular complexity index is 512. The normalized spacial score (nSPS) is 15.6. The molecule has 20 heavy (non-hydrogen) atoms. The molecule has 0 atom stereocenters. The molecular weight excluding hydrogens is 252 g/mol. The lowest BCUT2D eigenvalue weighted by Gasteiger charge is -2.25. The Labute approximate surface area is 118 Å². The molecule has 5 heteroatoms. The molecule has 0 radical (unpaired) electrons. The van der Waals surface area contributed by atoms with Crippen LogP contribution in [0.2, 0.25) is 0 Å². The lowest BCUT2D eigenvalue weighted by atomic mass is 10.1. The van der Waals surface area contributed by atoms with Crippen molar-refractivity contribution in [2.24, 2.45) is 0 Å². The summed E-state index contributed by atoms with van der Waals surface area (Å²) in [6, 6.07) is 5.68. The average molecular weight is 270 g/mol. The highest BCUT2D eigenvalue weighted by Gasteiger charge is 2.12. The highest BCUT2D eigenvalue weighted by atomic mass is 16.1. The van der Waals surface area contributed by atoms with Gasteiger partial charge in [-0.15, -0.1) is 0 Å². The minimum Gasteiger partial charge on any atom is -0.376 e. The number of pyridine rings is 1. The third-order valence-corrected chi connectivity index (χ3v) is 3.24. The van der Waals surface area contributed by atoms with Crippen LogP contribution in [0.3, 0.4) is 0 Å². The van der Waals surface area contributed by atoms with Crippen LogP contribution < -0.4 is 5.32 Å². The standard InChI is InChI=1S/C15H18N4O/c16-9-14(12-19-7-2-1-3-8-19)15(20)18-11-13-5-4-6-17-10-13/h4-6,10,12H,1-3,7-8,11H2,(H,18,20)/b14-12-. The number of nitrogens with one attached hydrogen (secondary N) is 1. The number of piperidine rings is 1. The summed E-state index contributed by atoms with van der Waals surface area (Å²) in [6.07, 6.45) is 8.51. The zero-order chi connectivity index (χ0) is 14.2. The van der Waals surface area contributed by atoms with Crippen LogP contribution in [0.4, 0.5) is 0 Å². The first-order valence-electron chi connectivity index (χ1n) is 6.82. The van der Waals surface area contributed by atoms with Crippen molar-refractivity contribution in [1.29, 1.82) is 5.26 Å². The summed E-state index contributed by atoms with van der Waals surface area (Å²) in [5.41, 5.74) is 1.08. The molecule has 0 aliphatic carbocycles. The topological polar surface area (TPSA) is 69.0 Å². The largest absolute Gasteiger partial charge is 0.376 e. The molecule has 2 heterocycles. The number of nitrogens with zero attached hydrogens (tertiary/aromatic N) is 3. The van der Waals surface area contributed by atoms with Gasteiger partial charge in [0.2, 0.25) is 0 Å². The number of aromatic nitrogens is 1. The fraction of sp³-hybridized carbons (Fsp3) is 0.400. The van der Waals surface area contributed by atoms with Crippen molar-refractivity contribution in [1.82, 2.24) is 15.2 Å². The Morgan fingerprint density at radius 1 is 1.45 bits per heavy atom. The van der Waals surface area contributed by atoms with Gasteiger partial charge in [-0.05, 0) is 30.9 Å². The van der Waals surface area contributed by atoms with E-state index in [1.54, 1.807) is 18.6 Å². The molecular formula is C15H18N4O. The molecule has 1 aliphatic rings. The van der Waals surface area contributed by atoms with Gasteiger partial charge in [0.1, 0.15) is 11.6 Å². The minimum absolute atomic E-state index is 0.163. The fourth-order valence-electron chi connectivity index (χ4n) is 2.15. The van der Waals surface area contributed by atoms with Gasteiger partial charge in [0.05, 0.1) is 0 Å². The van der Waals surface area contributed by atoms with Crippen LogP contribution in [0, 0.1) is 11.3 Å². The number of hydrogen-bond donors (Lipinski definition) is 1. The van der Waals surface area contributed by atoms with Gasteiger partial charge in [-0.1, -0.05) is 6.07 Å². The number of rotatable bonds is 4. The molecule has 1 fully saturated rings. The summed E-state index contributed by atoms with van der Waals surface area (Å²) in [4.78, 5) is 18.0. The van der Waals surface area contributed by atoms with Gasteiger partial charge in [-0.3, -0.25) is 9.78 Å². The first kappa shape index (κ1) is 14.1. The van der Waals surface area contributed by atoms with Gasteiger partial charge in [-0.2, -0.15) is 5.26 Å². The summed E-state index contributed by atoms with van der Waals surface area (Å²) in [5, 5.41) is 11.8. The van der Waals surface area contributed by atoms with Gasteiger partial charge in [0.15, 0.2) is 0 Å². The smallest absolute Gasteiger partial charge is 0.263 e. The van der Waals surface area contributed by atoms with Crippen LogP contribution in [0.25, 0.3) is 0 Å². The lowest BCUT2D eigenvalue weighted by Crippen LogP contribution is -2.29. The number of carbonyl (C=O) groups is 1. The Hall–Kier alpha value is -2.35. The first-order valence-corrected chi connectivity index (χ1v) is 6.82. The molecule has 1 aromatic rings. The van der Waals surface area contributed by atoms with E-state index in [0.29, 0.717) is 6.54 Å². The summed E-state index contributed by atoms with van der Waals surface area (Å²) in [6.45, 7) is 2.22. The first-order chi connectivity index (χ1) is 9.79. The third kappa shape index (κ3) is 4.09. The zero-order valence-corrected chi connectivity index (χ0v) is 11.4. The summed E-state index contributed by atoms with van der Waals surface area (Å²) in [5.74, 6) is -0.332. The van der Waals surface area contributed by atoms with E-state index in [-0.39, 0.29) is 11.5 Å². The summed E-state index contributed by atoms with van der Waals surface area (Å²) >= 11 is 0. The van der Waals surface area contributed by atoms with E-state index in [1.807, 2.05) is 23.1 Å². The van der Waals surface area contributed by atoms with E-state index in [0.717, 1.165) is 31.5 Å². The molecule has 0 unspecified atom stereocenters. The van der Waals surface area contributed by atoms with Crippen molar-refractivity contribution in [2.75, 3.05) is 13.1 Å². The third-order valence-electron chi connectivity index (χ3n) is 3.24. The van der Waals surface area contributed by atoms with Crippen LogP contribution in [0.5, 0.6) is 0 Å². The molecule has 0 bridgehead atoms.